The van der Waals surface area contributed by atoms with Crippen LogP contribution in [0.25, 0.3) is 17.0 Å². The van der Waals surface area contributed by atoms with Crippen molar-refractivity contribution in [3.8, 4) is 0 Å². The molecular formula is C22H24N3O3S+. The zero-order valence-corrected chi connectivity index (χ0v) is 17.3. The summed E-state index contributed by atoms with van der Waals surface area (Å²) in [4.78, 5) is 0. The van der Waals surface area contributed by atoms with Gasteiger partial charge in [0, 0.05) is 29.5 Å². The number of H-pyrrole nitrogens is 1. The van der Waals surface area contributed by atoms with Crippen molar-refractivity contribution >= 4 is 38.5 Å². The third-order valence-electron chi connectivity index (χ3n) is 5.48. The van der Waals surface area contributed by atoms with Gasteiger partial charge in [-0.3, -0.25) is 9.65 Å². The van der Waals surface area contributed by atoms with Gasteiger partial charge >= 0.3 is 0 Å². The molecule has 29 heavy (non-hydrogen) atoms. The number of fused-ring (bicyclic) bond motifs is 2. The molecule has 6 nitrogen and oxygen atoms in total. The van der Waals surface area contributed by atoms with Crippen LogP contribution in [-0.4, -0.2) is 45.8 Å². The van der Waals surface area contributed by atoms with Crippen molar-refractivity contribution in [3.63, 3.8) is 0 Å². The summed E-state index contributed by atoms with van der Waals surface area (Å²) in [6, 6.07) is 16.1. The van der Waals surface area contributed by atoms with Crippen molar-refractivity contribution < 1.29 is 17.5 Å². The first-order valence-corrected chi connectivity index (χ1v) is 11.2. The topological polar surface area (TPSA) is 86.1 Å². The van der Waals surface area contributed by atoms with E-state index in [0.29, 0.717) is 13.0 Å². The van der Waals surface area contributed by atoms with Crippen molar-refractivity contribution in [2.75, 3.05) is 12.3 Å². The fourth-order valence-electron chi connectivity index (χ4n) is 4.06. The molecule has 0 bridgehead atoms. The van der Waals surface area contributed by atoms with Crippen molar-refractivity contribution in [2.45, 2.75) is 25.7 Å². The van der Waals surface area contributed by atoms with Gasteiger partial charge in [0.2, 0.25) is 5.69 Å². The summed E-state index contributed by atoms with van der Waals surface area (Å²) in [7, 11) is -3.98. The van der Waals surface area contributed by atoms with Crippen LogP contribution in [0.2, 0.25) is 0 Å². The molecule has 1 aliphatic heterocycles. The number of hydrogen-bond acceptors (Lipinski definition) is 3. The second-order valence-electron chi connectivity index (χ2n) is 7.81. The third kappa shape index (κ3) is 3.75. The van der Waals surface area contributed by atoms with Crippen LogP contribution < -0.4 is 0 Å². The van der Waals surface area contributed by atoms with Gasteiger partial charge in [0.25, 0.3) is 10.1 Å². The molecule has 2 N–H and O–H groups in total. The van der Waals surface area contributed by atoms with E-state index in [1.165, 1.54) is 5.56 Å². The third-order valence-corrected chi connectivity index (χ3v) is 6.29. The van der Waals surface area contributed by atoms with Gasteiger partial charge in [0.05, 0.1) is 22.4 Å². The normalized spacial score (nSPS) is 16.1. The van der Waals surface area contributed by atoms with Crippen LogP contribution in [-0.2, 0) is 15.5 Å². The average Bonchev–Trinajstić information content (AvgIpc) is 3.17. The largest absolute Gasteiger partial charge is 0.286 e. The van der Waals surface area contributed by atoms with E-state index >= 15 is 0 Å². The number of allylic oxidation sites excluding steroid dienone is 1. The van der Waals surface area contributed by atoms with Gasteiger partial charge in [-0.15, -0.1) is 0 Å². The zero-order valence-electron chi connectivity index (χ0n) is 16.5. The number of benzene rings is 2. The maximum Gasteiger partial charge on any atom is 0.265 e. The molecule has 2 heterocycles. The van der Waals surface area contributed by atoms with E-state index in [0.717, 1.165) is 28.0 Å². The summed E-state index contributed by atoms with van der Waals surface area (Å²) in [6.45, 7) is 4.83. The molecule has 0 amide bonds. The Hall–Kier alpha value is -2.77. The lowest BCUT2D eigenvalue weighted by Gasteiger charge is -2.15. The van der Waals surface area contributed by atoms with E-state index in [2.05, 4.69) is 46.8 Å². The van der Waals surface area contributed by atoms with Crippen LogP contribution in [0.1, 0.15) is 31.5 Å². The quantitative estimate of drug-likeness (QED) is 0.476. The van der Waals surface area contributed by atoms with E-state index in [9.17, 15) is 8.42 Å². The number of rotatable bonds is 6. The number of aromatic nitrogens is 2. The maximum absolute atomic E-state index is 11.2. The maximum atomic E-state index is 11.2. The SMILES string of the molecule is CC1(C)C(/C=C/c2n[nH]c3ccccc23)=[N+](CCCS(=O)(=O)O)c2ccccc21. The van der Waals surface area contributed by atoms with E-state index in [1.807, 2.05) is 42.5 Å². The van der Waals surface area contributed by atoms with E-state index in [4.69, 9.17) is 4.55 Å². The van der Waals surface area contributed by atoms with E-state index in [1.54, 1.807) is 0 Å². The highest BCUT2D eigenvalue weighted by molar-refractivity contribution is 7.85. The Balaban J connectivity index is 1.75. The minimum Gasteiger partial charge on any atom is -0.286 e. The number of para-hydroxylation sites is 2. The zero-order chi connectivity index (χ0) is 20.6. The van der Waals surface area contributed by atoms with Crippen LogP contribution in [0.15, 0.2) is 54.6 Å². The Bertz CT molecular complexity index is 1240. The van der Waals surface area contributed by atoms with E-state index in [-0.39, 0.29) is 11.2 Å². The molecule has 1 aromatic heterocycles. The van der Waals surface area contributed by atoms with Crippen molar-refractivity contribution in [1.29, 1.82) is 0 Å². The highest BCUT2D eigenvalue weighted by Crippen LogP contribution is 2.40. The fourth-order valence-corrected chi connectivity index (χ4v) is 4.55. The molecule has 0 saturated carbocycles. The summed E-state index contributed by atoms with van der Waals surface area (Å²) in [5, 5.41) is 8.51. The Morgan fingerprint density at radius 1 is 1.10 bits per heavy atom. The smallest absolute Gasteiger partial charge is 0.265 e. The van der Waals surface area contributed by atoms with E-state index < -0.39 is 10.1 Å². The summed E-state index contributed by atoms with van der Waals surface area (Å²) in [5.41, 5.74) is 4.94. The highest BCUT2D eigenvalue weighted by Gasteiger charge is 2.43. The van der Waals surface area contributed by atoms with Gasteiger partial charge in [-0.1, -0.05) is 36.4 Å². The molecule has 0 radical (unpaired) electrons. The van der Waals surface area contributed by atoms with Gasteiger partial charge in [0.15, 0.2) is 5.71 Å². The Labute approximate surface area is 170 Å². The number of nitrogens with zero attached hydrogens (tertiary/aromatic N) is 2. The van der Waals surface area contributed by atoms with Gasteiger partial charge in [-0.2, -0.15) is 18.1 Å². The standard InChI is InChI=1S/C22H23N3O3S/c1-22(2)17-9-4-6-11-20(17)25(14-7-15-29(26,27)28)21(22)13-12-19-16-8-3-5-10-18(16)23-24-19/h3-6,8-13H,7,14-15H2,1-2H3,(H,26,27,28)/p+1. The molecule has 0 fully saturated rings. The number of nitrogens with one attached hydrogen (secondary N) is 1. The van der Waals surface area contributed by atoms with Crippen LogP contribution in [0, 0.1) is 0 Å². The lowest BCUT2D eigenvalue weighted by molar-refractivity contribution is -0.437. The fraction of sp³-hybridized carbons (Fsp3) is 0.273. The van der Waals surface area contributed by atoms with Crippen LogP contribution in [0.4, 0.5) is 5.69 Å². The second-order valence-corrected chi connectivity index (χ2v) is 9.38. The lowest BCUT2D eigenvalue weighted by Crippen LogP contribution is -2.28. The molecule has 2 aromatic carbocycles. The monoisotopic (exact) mass is 410 g/mol. The minimum absolute atomic E-state index is 0.239. The molecule has 0 spiro atoms. The van der Waals surface area contributed by atoms with Crippen LogP contribution >= 0.6 is 0 Å². The second kappa shape index (κ2) is 7.24. The molecule has 0 unspecified atom stereocenters. The van der Waals surface area contributed by atoms with Gasteiger partial charge in [-0.05, 0) is 26.0 Å². The van der Waals surface area contributed by atoms with Crippen LogP contribution in [0.5, 0.6) is 0 Å². The molecule has 7 heteroatoms. The first-order valence-electron chi connectivity index (χ1n) is 9.58. The highest BCUT2D eigenvalue weighted by atomic mass is 32.2. The average molecular weight is 411 g/mol. The van der Waals surface area contributed by atoms with Crippen molar-refractivity contribution in [2.24, 2.45) is 0 Å². The van der Waals surface area contributed by atoms with Gasteiger partial charge in [0.1, 0.15) is 6.54 Å². The molecular weight excluding hydrogens is 386 g/mol. The molecule has 4 rings (SSSR count). The Morgan fingerprint density at radius 2 is 1.83 bits per heavy atom. The molecule has 150 valence electrons. The van der Waals surface area contributed by atoms with Crippen LogP contribution in [0.3, 0.4) is 0 Å². The first kappa shape index (κ1) is 19.5. The summed E-state index contributed by atoms with van der Waals surface area (Å²) in [5.74, 6) is -0.257. The number of aromatic amines is 1. The predicted molar refractivity (Wildman–Crippen MR) is 115 cm³/mol. The number of hydrogen-bond donors (Lipinski definition) is 2. The van der Waals surface area contributed by atoms with Gasteiger partial charge in [-0.25, -0.2) is 0 Å². The summed E-state index contributed by atoms with van der Waals surface area (Å²) in [6.07, 6.45) is 4.40. The summed E-state index contributed by atoms with van der Waals surface area (Å²) < 4.78 is 33.6. The molecule has 3 aromatic rings. The summed E-state index contributed by atoms with van der Waals surface area (Å²) >= 11 is 0. The van der Waals surface area contributed by atoms with Crippen molar-refractivity contribution in [1.82, 2.24) is 10.2 Å². The van der Waals surface area contributed by atoms with Crippen molar-refractivity contribution in [3.05, 3.63) is 65.9 Å². The molecule has 0 aliphatic carbocycles. The minimum atomic E-state index is -3.98. The molecule has 0 saturated heterocycles. The lowest BCUT2D eigenvalue weighted by atomic mass is 9.81. The van der Waals surface area contributed by atoms with Gasteiger partial charge < -0.3 is 0 Å². The Kier molecular flexibility index (Phi) is 4.88. The molecule has 0 atom stereocenters. The molecule has 1 aliphatic rings. The predicted octanol–water partition coefficient (Wildman–Crippen LogP) is 3.93. The Morgan fingerprint density at radius 3 is 2.62 bits per heavy atom. The first-order chi connectivity index (χ1) is 13.8.